The van der Waals surface area contributed by atoms with Gasteiger partial charge in [-0.3, -0.25) is 19.6 Å². The Morgan fingerprint density at radius 2 is 2.44 bits per heavy atom. The van der Waals surface area contributed by atoms with Crippen molar-refractivity contribution in [2.24, 2.45) is 5.84 Å². The lowest BCUT2D eigenvalue weighted by atomic mass is 10.3. The summed E-state index contributed by atoms with van der Waals surface area (Å²) < 4.78 is 0. The van der Waals surface area contributed by atoms with Crippen LogP contribution in [-0.2, 0) is 11.3 Å². The Morgan fingerprint density at radius 3 is 3.06 bits per heavy atom. The van der Waals surface area contributed by atoms with Crippen molar-refractivity contribution >= 4 is 29.4 Å². The Hall–Kier alpha value is -2.19. The first-order chi connectivity index (χ1) is 8.70. The first-order valence-corrected chi connectivity index (χ1v) is 5.98. The van der Waals surface area contributed by atoms with E-state index in [0.29, 0.717) is 13.0 Å². The molecule has 8 heteroatoms. The zero-order chi connectivity index (χ0) is 13.0. The monoisotopic (exact) mass is 265 g/mol. The van der Waals surface area contributed by atoms with Crippen LogP contribution >= 0.6 is 11.3 Å². The molecule has 0 spiro atoms. The van der Waals surface area contributed by atoms with Crippen molar-refractivity contribution in [3.05, 3.63) is 38.9 Å². The molecule has 0 atom stereocenters. The highest BCUT2D eigenvalue weighted by Gasteiger charge is 2.07. The first-order valence-electron chi connectivity index (χ1n) is 5.03. The summed E-state index contributed by atoms with van der Waals surface area (Å²) in [5.41, 5.74) is 0.658. The van der Waals surface area contributed by atoms with Crippen LogP contribution < -0.4 is 21.7 Å². The van der Waals surface area contributed by atoms with E-state index in [9.17, 15) is 9.59 Å². The van der Waals surface area contributed by atoms with E-state index in [1.807, 2.05) is 16.8 Å². The van der Waals surface area contributed by atoms with Gasteiger partial charge in [-0.2, -0.15) is 11.3 Å². The van der Waals surface area contributed by atoms with Crippen molar-refractivity contribution in [3.8, 4) is 0 Å². The van der Waals surface area contributed by atoms with Crippen molar-refractivity contribution in [1.82, 2.24) is 9.97 Å². The molecule has 0 aliphatic rings. The van der Waals surface area contributed by atoms with Crippen LogP contribution in [0.3, 0.4) is 0 Å². The smallest absolute Gasteiger partial charge is 0.276 e. The molecule has 0 aromatic carbocycles. The molecule has 94 valence electrons. The fraction of sp³-hybridized carbons (Fsp3) is 0.100. The molecule has 1 amide bonds. The highest BCUT2D eigenvalue weighted by atomic mass is 32.1. The van der Waals surface area contributed by atoms with Gasteiger partial charge < -0.3 is 5.32 Å². The van der Waals surface area contributed by atoms with E-state index in [0.717, 1.165) is 5.56 Å². The normalized spacial score (nSPS) is 10.1. The standard InChI is InChI=1S/C10H11N5O2S/c11-15(4-7-1-2-18-5-7)10-12-3-8(13-6-16)9(17)14-10/h1-3,5-6H,4,11H2,(H,13,16)(H,12,14,17). The van der Waals surface area contributed by atoms with Gasteiger partial charge >= 0.3 is 0 Å². The lowest BCUT2D eigenvalue weighted by Crippen LogP contribution is -2.33. The second kappa shape index (κ2) is 5.43. The third kappa shape index (κ3) is 2.73. The molecule has 2 rings (SSSR count). The summed E-state index contributed by atoms with van der Waals surface area (Å²) in [6, 6.07) is 1.94. The number of thiophene rings is 1. The predicted octanol–water partition coefficient (Wildman–Crippen LogP) is 0.280. The highest BCUT2D eigenvalue weighted by molar-refractivity contribution is 7.07. The van der Waals surface area contributed by atoms with Gasteiger partial charge in [0.25, 0.3) is 5.56 Å². The number of nitrogens with one attached hydrogen (secondary N) is 2. The van der Waals surface area contributed by atoms with Gasteiger partial charge in [-0.25, -0.2) is 10.8 Å². The van der Waals surface area contributed by atoms with Crippen molar-refractivity contribution in [1.29, 1.82) is 0 Å². The fourth-order valence-electron chi connectivity index (χ4n) is 1.35. The predicted molar refractivity (Wildman–Crippen MR) is 69.2 cm³/mol. The van der Waals surface area contributed by atoms with E-state index in [1.165, 1.54) is 11.2 Å². The van der Waals surface area contributed by atoms with Crippen LogP contribution in [-0.4, -0.2) is 16.4 Å². The van der Waals surface area contributed by atoms with Crippen molar-refractivity contribution in [2.45, 2.75) is 6.54 Å². The lowest BCUT2D eigenvalue weighted by Gasteiger charge is -2.16. The molecule has 0 aliphatic carbocycles. The molecule has 0 bridgehead atoms. The number of hydrogen-bond acceptors (Lipinski definition) is 6. The molecule has 4 N–H and O–H groups in total. The minimum atomic E-state index is -0.451. The van der Waals surface area contributed by atoms with Gasteiger partial charge in [0.15, 0.2) is 0 Å². The maximum Gasteiger partial charge on any atom is 0.276 e. The summed E-state index contributed by atoms with van der Waals surface area (Å²) in [7, 11) is 0. The number of aromatic nitrogens is 2. The summed E-state index contributed by atoms with van der Waals surface area (Å²) in [4.78, 5) is 28.2. The largest absolute Gasteiger partial charge is 0.323 e. The first kappa shape index (κ1) is 12.3. The molecular formula is C10H11N5O2S. The summed E-state index contributed by atoms with van der Waals surface area (Å²) in [5.74, 6) is 6.03. The zero-order valence-corrected chi connectivity index (χ0v) is 10.1. The zero-order valence-electron chi connectivity index (χ0n) is 9.29. The van der Waals surface area contributed by atoms with Crippen LogP contribution in [0.15, 0.2) is 27.8 Å². The minimum absolute atomic E-state index is 0.0812. The number of carbonyl (C=O) groups is 1. The summed E-state index contributed by atoms with van der Waals surface area (Å²) >= 11 is 1.57. The van der Waals surface area contributed by atoms with Gasteiger partial charge in [-0.1, -0.05) is 0 Å². The average Bonchev–Trinajstić information content (AvgIpc) is 2.84. The Morgan fingerprint density at radius 1 is 1.61 bits per heavy atom. The van der Waals surface area contributed by atoms with Gasteiger partial charge in [-0.05, 0) is 22.4 Å². The average molecular weight is 265 g/mol. The molecule has 0 unspecified atom stereocenters. The van der Waals surface area contributed by atoms with Crippen LogP contribution in [0.2, 0.25) is 0 Å². The molecular weight excluding hydrogens is 254 g/mol. The van der Waals surface area contributed by atoms with Gasteiger partial charge in [0.2, 0.25) is 12.4 Å². The topological polar surface area (TPSA) is 104 Å². The number of carbonyl (C=O) groups excluding carboxylic acids is 1. The van der Waals surface area contributed by atoms with Gasteiger partial charge in [0.05, 0.1) is 12.7 Å². The number of hydrogen-bond donors (Lipinski definition) is 3. The molecule has 7 nitrogen and oxygen atoms in total. The number of anilines is 2. The minimum Gasteiger partial charge on any atom is -0.323 e. The molecule has 0 fully saturated rings. The molecule has 18 heavy (non-hydrogen) atoms. The maximum atomic E-state index is 11.5. The number of nitrogens with zero attached hydrogens (tertiary/aromatic N) is 2. The number of hydrazine groups is 1. The van der Waals surface area contributed by atoms with Crippen molar-refractivity contribution < 1.29 is 4.79 Å². The van der Waals surface area contributed by atoms with E-state index in [-0.39, 0.29) is 11.6 Å². The van der Waals surface area contributed by atoms with Crippen molar-refractivity contribution in [3.63, 3.8) is 0 Å². The fourth-order valence-corrected chi connectivity index (χ4v) is 2.01. The second-order valence-electron chi connectivity index (χ2n) is 3.47. The molecule has 2 aromatic heterocycles. The molecule has 0 saturated heterocycles. The number of amides is 1. The Bertz CT molecular complexity index is 580. The molecule has 0 saturated carbocycles. The van der Waals surface area contributed by atoms with Crippen molar-refractivity contribution in [2.75, 3.05) is 10.3 Å². The van der Waals surface area contributed by atoms with Crippen LogP contribution in [0.5, 0.6) is 0 Å². The van der Waals surface area contributed by atoms with Gasteiger partial charge in [0, 0.05) is 0 Å². The molecule has 0 radical (unpaired) electrons. The van der Waals surface area contributed by atoms with Crippen LogP contribution in [0.25, 0.3) is 0 Å². The summed E-state index contributed by atoms with van der Waals surface area (Å²) in [6.45, 7) is 0.437. The van der Waals surface area contributed by atoms with Gasteiger partial charge in [-0.15, -0.1) is 0 Å². The van der Waals surface area contributed by atoms with E-state index < -0.39 is 5.56 Å². The Kier molecular flexibility index (Phi) is 3.70. The Balaban J connectivity index is 2.16. The number of rotatable bonds is 5. The summed E-state index contributed by atoms with van der Waals surface area (Å²) in [6.07, 6.45) is 1.67. The van der Waals surface area contributed by atoms with Gasteiger partial charge in [0.1, 0.15) is 5.69 Å². The third-order valence-electron chi connectivity index (χ3n) is 2.21. The van der Waals surface area contributed by atoms with Crippen LogP contribution in [0.1, 0.15) is 5.56 Å². The van der Waals surface area contributed by atoms with Crippen LogP contribution in [0.4, 0.5) is 11.6 Å². The maximum absolute atomic E-state index is 11.5. The van der Waals surface area contributed by atoms with E-state index >= 15 is 0 Å². The summed E-state index contributed by atoms with van der Waals surface area (Å²) in [5, 5.41) is 7.47. The third-order valence-corrected chi connectivity index (χ3v) is 2.94. The van der Waals surface area contributed by atoms with E-state index in [1.54, 1.807) is 11.3 Å². The molecule has 2 aromatic rings. The van der Waals surface area contributed by atoms with Crippen LogP contribution in [0, 0.1) is 0 Å². The number of aromatic amines is 1. The number of nitrogens with two attached hydrogens (primary N) is 1. The quantitative estimate of drug-likeness (QED) is 0.409. The van der Waals surface area contributed by atoms with E-state index in [2.05, 4.69) is 15.3 Å². The number of H-pyrrole nitrogens is 1. The van der Waals surface area contributed by atoms with E-state index in [4.69, 9.17) is 5.84 Å². The SMILES string of the molecule is NN(Cc1ccsc1)c1ncc(NC=O)c(=O)[nH]1. The molecule has 0 aliphatic heterocycles. The lowest BCUT2D eigenvalue weighted by molar-refractivity contribution is -0.105. The molecule has 2 heterocycles. The Labute approximate surface area is 106 Å². The highest BCUT2D eigenvalue weighted by Crippen LogP contribution is 2.10. The second-order valence-corrected chi connectivity index (χ2v) is 4.25.